The van der Waals surface area contributed by atoms with Gasteiger partial charge in [0, 0.05) is 18.5 Å². The van der Waals surface area contributed by atoms with E-state index in [9.17, 15) is 0 Å². The van der Waals surface area contributed by atoms with Crippen molar-refractivity contribution in [1.82, 2.24) is 9.88 Å². The highest BCUT2D eigenvalue weighted by Crippen LogP contribution is 2.09. The van der Waals surface area contributed by atoms with Gasteiger partial charge in [-0.3, -0.25) is 0 Å². The second kappa shape index (κ2) is 7.73. The molecule has 0 fully saturated rings. The van der Waals surface area contributed by atoms with E-state index in [-0.39, 0.29) is 0 Å². The molecule has 0 aliphatic carbocycles. The first-order valence-corrected chi connectivity index (χ1v) is 6.61. The van der Waals surface area contributed by atoms with Crippen LogP contribution in [0.2, 0.25) is 0 Å². The molecule has 0 radical (unpaired) electrons. The Bertz CT molecular complexity index is 287. The molecule has 92 valence electrons. The second-order valence-electron chi connectivity index (χ2n) is 3.52. The van der Waals surface area contributed by atoms with Gasteiger partial charge in [-0.1, -0.05) is 13.8 Å². The third-order valence-corrected chi connectivity index (χ3v) is 3.39. The normalized spacial score (nSPS) is 11.2. The minimum absolute atomic E-state index is 0.518. The van der Waals surface area contributed by atoms with Gasteiger partial charge in [0.25, 0.3) is 0 Å². The lowest BCUT2D eigenvalue weighted by Crippen LogP contribution is -2.26. The third-order valence-electron chi connectivity index (χ3n) is 2.47. The average Bonchev–Trinajstić information content (AvgIpc) is 2.77. The van der Waals surface area contributed by atoms with Gasteiger partial charge in [0.15, 0.2) is 0 Å². The SMILES string of the molecule is CCN(CC)CCOCc1csc(CN)n1. The van der Waals surface area contributed by atoms with Crippen molar-refractivity contribution in [3.63, 3.8) is 0 Å². The molecule has 5 heteroatoms. The second-order valence-corrected chi connectivity index (χ2v) is 4.46. The Balaban J connectivity index is 2.15. The van der Waals surface area contributed by atoms with Crippen molar-refractivity contribution in [2.24, 2.45) is 5.73 Å². The van der Waals surface area contributed by atoms with Crippen molar-refractivity contribution < 1.29 is 4.74 Å². The Hall–Kier alpha value is -0.490. The van der Waals surface area contributed by atoms with Crippen molar-refractivity contribution in [3.8, 4) is 0 Å². The Kier molecular flexibility index (Phi) is 6.56. The van der Waals surface area contributed by atoms with Gasteiger partial charge in [-0.25, -0.2) is 4.98 Å². The van der Waals surface area contributed by atoms with E-state index < -0.39 is 0 Å². The molecule has 16 heavy (non-hydrogen) atoms. The summed E-state index contributed by atoms with van der Waals surface area (Å²) in [4.78, 5) is 6.68. The summed E-state index contributed by atoms with van der Waals surface area (Å²) in [5.74, 6) is 0. The van der Waals surface area contributed by atoms with Crippen molar-refractivity contribution in [2.75, 3.05) is 26.2 Å². The van der Waals surface area contributed by atoms with E-state index in [1.165, 1.54) is 0 Å². The maximum atomic E-state index is 5.57. The fraction of sp³-hybridized carbons (Fsp3) is 0.727. The van der Waals surface area contributed by atoms with Crippen LogP contribution in [0.4, 0.5) is 0 Å². The van der Waals surface area contributed by atoms with E-state index in [0.717, 1.165) is 36.9 Å². The molecule has 0 saturated heterocycles. The molecule has 1 aromatic rings. The lowest BCUT2D eigenvalue weighted by molar-refractivity contribution is 0.0938. The molecule has 0 bridgehead atoms. The Morgan fingerprint density at radius 3 is 2.75 bits per heavy atom. The fourth-order valence-electron chi connectivity index (χ4n) is 1.42. The zero-order valence-corrected chi connectivity index (χ0v) is 10.9. The minimum atomic E-state index is 0.518. The lowest BCUT2D eigenvalue weighted by Gasteiger charge is -2.17. The number of ether oxygens (including phenoxy) is 1. The number of hydrogen-bond acceptors (Lipinski definition) is 5. The molecule has 1 rings (SSSR count). The van der Waals surface area contributed by atoms with Crippen molar-refractivity contribution >= 4 is 11.3 Å². The van der Waals surface area contributed by atoms with Crippen LogP contribution < -0.4 is 5.73 Å². The first kappa shape index (κ1) is 13.6. The summed E-state index contributed by atoms with van der Waals surface area (Å²) in [6.45, 7) is 9.34. The van der Waals surface area contributed by atoms with Crippen LogP contribution in [-0.2, 0) is 17.9 Å². The van der Waals surface area contributed by atoms with Crippen LogP contribution >= 0.6 is 11.3 Å². The Labute approximate surface area is 101 Å². The first-order valence-electron chi connectivity index (χ1n) is 5.73. The average molecular weight is 243 g/mol. The van der Waals surface area contributed by atoms with Crippen LogP contribution in [0, 0.1) is 0 Å². The first-order chi connectivity index (χ1) is 7.80. The van der Waals surface area contributed by atoms with Crippen LogP contribution in [0.25, 0.3) is 0 Å². The molecular formula is C11H21N3OS. The number of thiazole rings is 1. The molecule has 0 aromatic carbocycles. The highest BCUT2D eigenvalue weighted by molar-refractivity contribution is 7.09. The molecule has 4 nitrogen and oxygen atoms in total. The van der Waals surface area contributed by atoms with Gasteiger partial charge < -0.3 is 15.4 Å². The third kappa shape index (κ3) is 4.57. The van der Waals surface area contributed by atoms with E-state index in [1.807, 2.05) is 5.38 Å². The summed E-state index contributed by atoms with van der Waals surface area (Å²) in [5, 5.41) is 2.99. The van der Waals surface area contributed by atoms with E-state index in [2.05, 4.69) is 23.7 Å². The zero-order chi connectivity index (χ0) is 11.8. The molecule has 0 aliphatic heterocycles. The largest absolute Gasteiger partial charge is 0.374 e. The van der Waals surface area contributed by atoms with Gasteiger partial charge in [0.05, 0.1) is 18.9 Å². The molecule has 0 atom stereocenters. The van der Waals surface area contributed by atoms with Crippen LogP contribution in [-0.4, -0.2) is 36.1 Å². The maximum Gasteiger partial charge on any atom is 0.107 e. The van der Waals surface area contributed by atoms with Crippen molar-refractivity contribution in [1.29, 1.82) is 0 Å². The van der Waals surface area contributed by atoms with E-state index in [0.29, 0.717) is 13.2 Å². The predicted octanol–water partition coefficient (Wildman–Crippen LogP) is 1.46. The monoisotopic (exact) mass is 243 g/mol. The zero-order valence-electron chi connectivity index (χ0n) is 10.1. The summed E-state index contributed by atoms with van der Waals surface area (Å²) in [7, 11) is 0. The van der Waals surface area contributed by atoms with Crippen LogP contribution in [0.15, 0.2) is 5.38 Å². The molecule has 0 unspecified atom stereocenters. The van der Waals surface area contributed by atoms with Gasteiger partial charge in [0.2, 0.25) is 0 Å². The molecule has 0 aliphatic rings. The predicted molar refractivity (Wildman–Crippen MR) is 67.4 cm³/mol. The summed E-state index contributed by atoms with van der Waals surface area (Å²) < 4.78 is 5.57. The van der Waals surface area contributed by atoms with Gasteiger partial charge >= 0.3 is 0 Å². The van der Waals surface area contributed by atoms with Crippen molar-refractivity contribution in [2.45, 2.75) is 27.0 Å². The number of likely N-dealkylation sites (N-methyl/N-ethyl adjacent to an activating group) is 1. The fourth-order valence-corrected chi connectivity index (χ4v) is 2.08. The number of nitrogens with zero attached hydrogens (tertiary/aromatic N) is 2. The number of aromatic nitrogens is 1. The highest BCUT2D eigenvalue weighted by Gasteiger charge is 2.01. The molecule has 0 saturated carbocycles. The minimum Gasteiger partial charge on any atom is -0.374 e. The van der Waals surface area contributed by atoms with Crippen LogP contribution in [0.1, 0.15) is 24.5 Å². The molecule has 2 N–H and O–H groups in total. The molecule has 1 aromatic heterocycles. The number of hydrogen-bond donors (Lipinski definition) is 1. The number of rotatable bonds is 8. The summed E-state index contributed by atoms with van der Waals surface area (Å²) in [5.41, 5.74) is 6.48. The Morgan fingerprint density at radius 1 is 1.44 bits per heavy atom. The summed E-state index contributed by atoms with van der Waals surface area (Å²) >= 11 is 1.60. The maximum absolute atomic E-state index is 5.57. The van der Waals surface area contributed by atoms with Crippen molar-refractivity contribution in [3.05, 3.63) is 16.1 Å². The lowest BCUT2D eigenvalue weighted by atomic mass is 10.5. The highest BCUT2D eigenvalue weighted by atomic mass is 32.1. The van der Waals surface area contributed by atoms with Gasteiger partial charge in [0.1, 0.15) is 5.01 Å². The van der Waals surface area contributed by atoms with E-state index >= 15 is 0 Å². The molecule has 0 amide bonds. The topological polar surface area (TPSA) is 51.4 Å². The van der Waals surface area contributed by atoms with E-state index in [4.69, 9.17) is 10.5 Å². The quantitative estimate of drug-likeness (QED) is 0.702. The molecular weight excluding hydrogens is 222 g/mol. The van der Waals surface area contributed by atoms with Gasteiger partial charge in [-0.05, 0) is 13.1 Å². The summed E-state index contributed by atoms with van der Waals surface area (Å²) in [6, 6.07) is 0. The molecule has 1 heterocycles. The smallest absolute Gasteiger partial charge is 0.107 e. The van der Waals surface area contributed by atoms with Crippen LogP contribution in [0.5, 0.6) is 0 Å². The van der Waals surface area contributed by atoms with Gasteiger partial charge in [-0.2, -0.15) is 0 Å². The standard InChI is InChI=1S/C11H21N3OS/c1-3-14(4-2)5-6-15-8-10-9-16-11(7-12)13-10/h9H,3-8,12H2,1-2H3. The summed E-state index contributed by atoms with van der Waals surface area (Å²) in [6.07, 6.45) is 0. The van der Waals surface area contributed by atoms with Crippen LogP contribution in [0.3, 0.4) is 0 Å². The number of nitrogens with two attached hydrogens (primary N) is 1. The molecule has 0 spiro atoms. The Morgan fingerprint density at radius 2 is 2.19 bits per heavy atom. The van der Waals surface area contributed by atoms with E-state index in [1.54, 1.807) is 11.3 Å². The van der Waals surface area contributed by atoms with Gasteiger partial charge in [-0.15, -0.1) is 11.3 Å².